The van der Waals surface area contributed by atoms with Gasteiger partial charge in [-0.25, -0.2) is 0 Å². The summed E-state index contributed by atoms with van der Waals surface area (Å²) in [5.74, 6) is 1.04. The van der Waals surface area contributed by atoms with Crippen LogP contribution in [-0.2, 0) is 9.53 Å². The van der Waals surface area contributed by atoms with Crippen molar-refractivity contribution in [2.75, 3.05) is 13.7 Å². The predicted octanol–water partition coefficient (Wildman–Crippen LogP) is 1.91. The molecule has 2 unspecified atom stereocenters. The highest BCUT2D eigenvalue weighted by Crippen LogP contribution is 2.29. The third kappa shape index (κ3) is 2.71. The number of carbonyl (C=O) groups excluding carboxylic acids is 1. The van der Waals surface area contributed by atoms with E-state index in [1.165, 1.54) is 0 Å². The van der Waals surface area contributed by atoms with Crippen molar-refractivity contribution in [3.63, 3.8) is 0 Å². The number of hydrogen-bond donors (Lipinski definition) is 0. The normalized spacial score (nSPS) is 26.3. The minimum Gasteiger partial charge on any atom is -0.368 e. The highest BCUT2D eigenvalue weighted by Gasteiger charge is 2.37. The third-order valence-electron chi connectivity index (χ3n) is 3.36. The maximum Gasteiger partial charge on any atom is 0.251 e. The lowest BCUT2D eigenvalue weighted by molar-refractivity contribution is -0.143. The van der Waals surface area contributed by atoms with Crippen molar-refractivity contribution in [3.8, 4) is 0 Å². The summed E-state index contributed by atoms with van der Waals surface area (Å²) in [6, 6.07) is 0.245. The van der Waals surface area contributed by atoms with Gasteiger partial charge in [0.1, 0.15) is 6.10 Å². The van der Waals surface area contributed by atoms with E-state index in [1.54, 1.807) is 4.90 Å². The van der Waals surface area contributed by atoms with Crippen molar-refractivity contribution in [3.05, 3.63) is 0 Å². The van der Waals surface area contributed by atoms with Gasteiger partial charge in [0.2, 0.25) is 0 Å². The number of nitrogens with zero attached hydrogens (tertiary/aromatic N) is 1. The standard InChI is InChI=1S/C12H23NO2/c1-8(2)10-6-7-15-11(10)12(14)13(5)9(3)4/h8-11H,6-7H2,1-5H3. The minimum absolute atomic E-state index is 0.140. The number of amides is 1. The first-order valence-corrected chi connectivity index (χ1v) is 5.83. The molecule has 3 nitrogen and oxygen atoms in total. The van der Waals surface area contributed by atoms with Gasteiger partial charge >= 0.3 is 0 Å². The lowest BCUT2D eigenvalue weighted by Gasteiger charge is -2.28. The monoisotopic (exact) mass is 213 g/mol. The Morgan fingerprint density at radius 2 is 1.93 bits per heavy atom. The zero-order chi connectivity index (χ0) is 11.6. The van der Waals surface area contributed by atoms with E-state index in [0.717, 1.165) is 13.0 Å². The molecule has 1 fully saturated rings. The molecule has 3 heteroatoms. The number of ether oxygens (including phenoxy) is 1. The average Bonchev–Trinajstić information content (AvgIpc) is 2.63. The van der Waals surface area contributed by atoms with E-state index in [-0.39, 0.29) is 18.1 Å². The first-order valence-electron chi connectivity index (χ1n) is 5.83. The van der Waals surface area contributed by atoms with Gasteiger partial charge in [0.15, 0.2) is 0 Å². The number of carbonyl (C=O) groups is 1. The highest BCUT2D eigenvalue weighted by atomic mass is 16.5. The van der Waals surface area contributed by atoms with E-state index in [4.69, 9.17) is 4.74 Å². The van der Waals surface area contributed by atoms with Crippen molar-refractivity contribution in [1.29, 1.82) is 0 Å². The molecule has 0 aromatic rings. The molecule has 0 N–H and O–H groups in total. The third-order valence-corrected chi connectivity index (χ3v) is 3.36. The zero-order valence-electron chi connectivity index (χ0n) is 10.5. The molecule has 2 atom stereocenters. The molecule has 0 bridgehead atoms. The fourth-order valence-electron chi connectivity index (χ4n) is 2.00. The Hall–Kier alpha value is -0.570. The second-order valence-electron chi connectivity index (χ2n) is 5.03. The fraction of sp³-hybridized carbons (Fsp3) is 0.917. The molecular weight excluding hydrogens is 190 g/mol. The molecule has 88 valence electrons. The van der Waals surface area contributed by atoms with Crippen LogP contribution in [0.3, 0.4) is 0 Å². The van der Waals surface area contributed by atoms with Crippen molar-refractivity contribution in [2.24, 2.45) is 11.8 Å². The van der Waals surface area contributed by atoms with Crippen molar-refractivity contribution < 1.29 is 9.53 Å². The Morgan fingerprint density at radius 1 is 1.33 bits per heavy atom. The Bertz CT molecular complexity index is 226. The first kappa shape index (κ1) is 12.5. The summed E-state index contributed by atoms with van der Waals surface area (Å²) in [5, 5.41) is 0. The van der Waals surface area contributed by atoms with E-state index < -0.39 is 0 Å². The number of hydrogen-bond acceptors (Lipinski definition) is 2. The Labute approximate surface area is 92.8 Å². The summed E-state index contributed by atoms with van der Waals surface area (Å²) >= 11 is 0. The van der Waals surface area contributed by atoms with Crippen molar-refractivity contribution in [2.45, 2.75) is 46.3 Å². The molecule has 0 saturated carbocycles. The summed E-state index contributed by atoms with van der Waals surface area (Å²) in [4.78, 5) is 13.9. The molecule has 0 aromatic carbocycles. The summed E-state index contributed by atoms with van der Waals surface area (Å²) in [6.07, 6.45) is 0.803. The SMILES string of the molecule is CC(C)C1CCOC1C(=O)N(C)C(C)C. The summed E-state index contributed by atoms with van der Waals surface area (Å²) in [7, 11) is 1.85. The molecule has 1 heterocycles. The largest absolute Gasteiger partial charge is 0.368 e. The van der Waals surface area contributed by atoms with E-state index in [9.17, 15) is 4.79 Å². The molecule has 1 amide bonds. The fourth-order valence-corrected chi connectivity index (χ4v) is 2.00. The van der Waals surface area contributed by atoms with Crippen molar-refractivity contribution in [1.82, 2.24) is 4.90 Å². The molecule has 1 rings (SSSR count). The molecule has 0 aliphatic carbocycles. The molecule has 1 saturated heterocycles. The molecule has 0 spiro atoms. The highest BCUT2D eigenvalue weighted by molar-refractivity contribution is 5.81. The van der Waals surface area contributed by atoms with Gasteiger partial charge in [-0.3, -0.25) is 4.79 Å². The average molecular weight is 213 g/mol. The molecule has 15 heavy (non-hydrogen) atoms. The smallest absolute Gasteiger partial charge is 0.251 e. The van der Waals surface area contributed by atoms with Gasteiger partial charge in [-0.2, -0.15) is 0 Å². The van der Waals surface area contributed by atoms with Crippen LogP contribution in [0.25, 0.3) is 0 Å². The van der Waals surface area contributed by atoms with Crippen LogP contribution in [0.15, 0.2) is 0 Å². The van der Waals surface area contributed by atoms with Gasteiger partial charge in [-0.05, 0) is 32.1 Å². The van der Waals surface area contributed by atoms with Crippen LogP contribution in [0.5, 0.6) is 0 Å². The Kier molecular flexibility index (Phi) is 4.14. The molecule has 1 aliphatic heterocycles. The van der Waals surface area contributed by atoms with Gasteiger partial charge in [0.05, 0.1) is 0 Å². The second kappa shape index (κ2) is 4.97. The Balaban J connectivity index is 2.66. The van der Waals surface area contributed by atoms with Crippen LogP contribution in [0, 0.1) is 11.8 Å². The number of likely N-dealkylation sites (N-methyl/N-ethyl adjacent to an activating group) is 1. The first-order chi connectivity index (χ1) is 6.95. The van der Waals surface area contributed by atoms with Crippen LogP contribution in [0.2, 0.25) is 0 Å². The van der Waals surface area contributed by atoms with Crippen LogP contribution in [0.4, 0.5) is 0 Å². The van der Waals surface area contributed by atoms with E-state index in [0.29, 0.717) is 11.8 Å². The van der Waals surface area contributed by atoms with Gasteiger partial charge in [-0.15, -0.1) is 0 Å². The quantitative estimate of drug-likeness (QED) is 0.716. The predicted molar refractivity (Wildman–Crippen MR) is 60.6 cm³/mol. The lowest BCUT2D eigenvalue weighted by Crippen LogP contribution is -2.43. The van der Waals surface area contributed by atoms with Gasteiger partial charge in [0.25, 0.3) is 5.91 Å². The van der Waals surface area contributed by atoms with Gasteiger partial charge in [0, 0.05) is 19.7 Å². The van der Waals surface area contributed by atoms with E-state index in [2.05, 4.69) is 13.8 Å². The second-order valence-corrected chi connectivity index (χ2v) is 5.03. The van der Waals surface area contributed by atoms with Crippen LogP contribution >= 0.6 is 0 Å². The van der Waals surface area contributed by atoms with Crippen LogP contribution < -0.4 is 0 Å². The van der Waals surface area contributed by atoms with Crippen LogP contribution in [-0.4, -0.2) is 36.6 Å². The van der Waals surface area contributed by atoms with E-state index in [1.807, 2.05) is 20.9 Å². The zero-order valence-corrected chi connectivity index (χ0v) is 10.5. The summed E-state index contributed by atoms with van der Waals surface area (Å²) in [6.45, 7) is 9.10. The summed E-state index contributed by atoms with van der Waals surface area (Å²) < 4.78 is 5.57. The molecular formula is C12H23NO2. The van der Waals surface area contributed by atoms with Crippen molar-refractivity contribution >= 4 is 5.91 Å². The maximum atomic E-state index is 12.1. The topological polar surface area (TPSA) is 29.5 Å². The van der Waals surface area contributed by atoms with Gasteiger partial charge in [-0.1, -0.05) is 13.8 Å². The Morgan fingerprint density at radius 3 is 2.40 bits per heavy atom. The molecule has 1 aliphatic rings. The van der Waals surface area contributed by atoms with Gasteiger partial charge < -0.3 is 9.64 Å². The molecule has 0 radical (unpaired) electrons. The number of rotatable bonds is 3. The van der Waals surface area contributed by atoms with E-state index >= 15 is 0 Å². The summed E-state index contributed by atoms with van der Waals surface area (Å²) in [5.41, 5.74) is 0. The molecule has 0 aromatic heterocycles. The maximum absolute atomic E-state index is 12.1. The minimum atomic E-state index is -0.211. The lowest BCUT2D eigenvalue weighted by atomic mass is 9.89. The van der Waals surface area contributed by atoms with Crippen LogP contribution in [0.1, 0.15) is 34.1 Å².